The fourth-order valence-electron chi connectivity index (χ4n) is 1.91. The highest BCUT2D eigenvalue weighted by Gasteiger charge is 2.24. The molecule has 0 radical (unpaired) electrons. The second kappa shape index (κ2) is 6.45. The average Bonchev–Trinajstić information content (AvgIpc) is 2.38. The minimum Gasteiger partial charge on any atom is -0.377 e. The molecule has 0 aromatic carbocycles. The van der Waals surface area contributed by atoms with E-state index < -0.39 is 0 Å². The largest absolute Gasteiger partial charge is 0.377 e. The SMILES string of the molecule is CC(C)NCC1COCCN1c1ncc(Br)cn1. The smallest absolute Gasteiger partial charge is 0.225 e. The lowest BCUT2D eigenvalue weighted by Crippen LogP contribution is -2.52. The summed E-state index contributed by atoms with van der Waals surface area (Å²) in [5.74, 6) is 0.775. The molecule has 1 aliphatic rings. The first kappa shape index (κ1) is 13.7. The van der Waals surface area contributed by atoms with E-state index in [2.05, 4.69) is 50.0 Å². The number of nitrogens with one attached hydrogen (secondary N) is 1. The van der Waals surface area contributed by atoms with Crippen molar-refractivity contribution in [3.8, 4) is 0 Å². The Morgan fingerprint density at radius 1 is 1.50 bits per heavy atom. The molecule has 6 heteroatoms. The Bertz CT molecular complexity index is 371. The van der Waals surface area contributed by atoms with Gasteiger partial charge in [0.25, 0.3) is 0 Å². The van der Waals surface area contributed by atoms with Gasteiger partial charge in [0.1, 0.15) is 0 Å². The van der Waals surface area contributed by atoms with Gasteiger partial charge in [0.15, 0.2) is 0 Å². The van der Waals surface area contributed by atoms with Gasteiger partial charge in [-0.05, 0) is 15.9 Å². The van der Waals surface area contributed by atoms with Crippen molar-refractivity contribution in [2.45, 2.75) is 25.9 Å². The van der Waals surface area contributed by atoms with Gasteiger partial charge in [0.2, 0.25) is 5.95 Å². The second-order valence-corrected chi connectivity index (χ2v) is 5.60. The molecular formula is C12H19BrN4O. The third-order valence-electron chi connectivity index (χ3n) is 2.85. The molecule has 1 fully saturated rings. The Kier molecular flexibility index (Phi) is 4.91. The van der Waals surface area contributed by atoms with Gasteiger partial charge in [-0.15, -0.1) is 0 Å². The molecule has 1 atom stereocenters. The van der Waals surface area contributed by atoms with Crippen molar-refractivity contribution in [3.63, 3.8) is 0 Å². The van der Waals surface area contributed by atoms with Crippen LogP contribution < -0.4 is 10.2 Å². The van der Waals surface area contributed by atoms with E-state index >= 15 is 0 Å². The molecule has 18 heavy (non-hydrogen) atoms. The number of aromatic nitrogens is 2. The van der Waals surface area contributed by atoms with Crippen molar-refractivity contribution in [1.82, 2.24) is 15.3 Å². The summed E-state index contributed by atoms with van der Waals surface area (Å²) in [6.45, 7) is 7.47. The summed E-state index contributed by atoms with van der Waals surface area (Å²) in [4.78, 5) is 10.9. The molecular weight excluding hydrogens is 296 g/mol. The number of hydrogen-bond donors (Lipinski definition) is 1. The molecule has 1 saturated heterocycles. The van der Waals surface area contributed by atoms with E-state index in [4.69, 9.17) is 4.74 Å². The number of hydrogen-bond acceptors (Lipinski definition) is 5. The van der Waals surface area contributed by atoms with Crippen LogP contribution in [0.4, 0.5) is 5.95 Å². The quantitative estimate of drug-likeness (QED) is 0.911. The molecule has 0 amide bonds. The Labute approximate surface area is 116 Å². The van der Waals surface area contributed by atoms with Crippen molar-refractivity contribution in [1.29, 1.82) is 0 Å². The predicted octanol–water partition coefficient (Wildman–Crippen LogP) is 1.44. The molecule has 0 bridgehead atoms. The monoisotopic (exact) mass is 314 g/mol. The number of rotatable bonds is 4. The maximum absolute atomic E-state index is 5.54. The van der Waals surface area contributed by atoms with Crippen LogP contribution in [0, 0.1) is 0 Å². The van der Waals surface area contributed by atoms with Crippen LogP contribution in [0.3, 0.4) is 0 Å². The first-order chi connectivity index (χ1) is 8.66. The Morgan fingerprint density at radius 2 is 2.22 bits per heavy atom. The number of morpholine rings is 1. The van der Waals surface area contributed by atoms with Crippen molar-refractivity contribution < 1.29 is 4.74 Å². The summed E-state index contributed by atoms with van der Waals surface area (Å²) in [6, 6.07) is 0.766. The van der Waals surface area contributed by atoms with Crippen LogP contribution >= 0.6 is 15.9 Å². The van der Waals surface area contributed by atoms with Gasteiger partial charge in [-0.25, -0.2) is 9.97 Å². The van der Waals surface area contributed by atoms with Gasteiger partial charge in [-0.3, -0.25) is 0 Å². The summed E-state index contributed by atoms with van der Waals surface area (Å²) in [6.07, 6.45) is 3.56. The fraction of sp³-hybridized carbons (Fsp3) is 0.667. The molecule has 1 aliphatic heterocycles. The van der Waals surface area contributed by atoms with Gasteiger partial charge >= 0.3 is 0 Å². The van der Waals surface area contributed by atoms with E-state index in [9.17, 15) is 0 Å². The van der Waals surface area contributed by atoms with Crippen LogP contribution in [0.2, 0.25) is 0 Å². The molecule has 2 heterocycles. The zero-order valence-corrected chi connectivity index (χ0v) is 12.4. The highest BCUT2D eigenvalue weighted by Crippen LogP contribution is 2.16. The Morgan fingerprint density at radius 3 is 2.89 bits per heavy atom. The number of anilines is 1. The van der Waals surface area contributed by atoms with E-state index in [-0.39, 0.29) is 0 Å². The molecule has 1 aromatic rings. The first-order valence-electron chi connectivity index (χ1n) is 6.22. The molecule has 0 saturated carbocycles. The average molecular weight is 315 g/mol. The first-order valence-corrected chi connectivity index (χ1v) is 7.01. The lowest BCUT2D eigenvalue weighted by molar-refractivity contribution is 0.0923. The zero-order valence-electron chi connectivity index (χ0n) is 10.8. The van der Waals surface area contributed by atoms with Crippen LogP contribution in [0.25, 0.3) is 0 Å². The van der Waals surface area contributed by atoms with E-state index in [1.165, 1.54) is 0 Å². The molecule has 5 nitrogen and oxygen atoms in total. The van der Waals surface area contributed by atoms with Crippen LogP contribution in [0.1, 0.15) is 13.8 Å². The van der Waals surface area contributed by atoms with Gasteiger partial charge in [0.05, 0.1) is 23.7 Å². The third-order valence-corrected chi connectivity index (χ3v) is 3.26. The van der Waals surface area contributed by atoms with Gasteiger partial charge in [-0.2, -0.15) is 0 Å². The molecule has 1 unspecified atom stereocenters. The minimum absolute atomic E-state index is 0.294. The van der Waals surface area contributed by atoms with Crippen LogP contribution in [-0.2, 0) is 4.74 Å². The second-order valence-electron chi connectivity index (χ2n) is 4.69. The van der Waals surface area contributed by atoms with Gasteiger partial charge in [0, 0.05) is 31.5 Å². The van der Waals surface area contributed by atoms with E-state index in [0.717, 1.165) is 36.7 Å². The normalized spacial score (nSPS) is 20.4. The van der Waals surface area contributed by atoms with E-state index in [1.807, 2.05) is 0 Å². The minimum atomic E-state index is 0.294. The van der Waals surface area contributed by atoms with Gasteiger partial charge < -0.3 is 15.0 Å². The topological polar surface area (TPSA) is 50.3 Å². The molecule has 0 spiro atoms. The van der Waals surface area contributed by atoms with Crippen molar-refractivity contribution in [2.75, 3.05) is 31.2 Å². The van der Waals surface area contributed by atoms with Crippen LogP contribution in [0.15, 0.2) is 16.9 Å². The number of ether oxygens (including phenoxy) is 1. The standard InChI is InChI=1S/C12H19BrN4O/c1-9(2)14-7-11-8-18-4-3-17(11)12-15-5-10(13)6-16-12/h5-6,9,11,14H,3-4,7-8H2,1-2H3. The number of nitrogens with zero attached hydrogens (tertiary/aromatic N) is 3. The lowest BCUT2D eigenvalue weighted by atomic mass is 10.2. The molecule has 0 aliphatic carbocycles. The predicted molar refractivity (Wildman–Crippen MR) is 74.8 cm³/mol. The van der Waals surface area contributed by atoms with Crippen LogP contribution in [0.5, 0.6) is 0 Å². The molecule has 1 aromatic heterocycles. The fourth-order valence-corrected chi connectivity index (χ4v) is 2.12. The zero-order chi connectivity index (χ0) is 13.0. The Hall–Kier alpha value is -0.720. The highest BCUT2D eigenvalue weighted by atomic mass is 79.9. The summed E-state index contributed by atoms with van der Waals surface area (Å²) in [7, 11) is 0. The van der Waals surface area contributed by atoms with Gasteiger partial charge in [-0.1, -0.05) is 13.8 Å². The van der Waals surface area contributed by atoms with Crippen molar-refractivity contribution in [2.24, 2.45) is 0 Å². The molecule has 1 N–H and O–H groups in total. The third kappa shape index (κ3) is 3.63. The number of halogens is 1. The lowest BCUT2D eigenvalue weighted by Gasteiger charge is -2.36. The Balaban J connectivity index is 2.05. The summed E-state index contributed by atoms with van der Waals surface area (Å²) in [5, 5.41) is 3.44. The van der Waals surface area contributed by atoms with E-state index in [0.29, 0.717) is 12.1 Å². The molecule has 100 valence electrons. The highest BCUT2D eigenvalue weighted by molar-refractivity contribution is 9.10. The maximum Gasteiger partial charge on any atom is 0.225 e. The van der Waals surface area contributed by atoms with Crippen LogP contribution in [-0.4, -0.2) is 48.4 Å². The summed E-state index contributed by atoms with van der Waals surface area (Å²) < 4.78 is 6.44. The molecule has 2 rings (SSSR count). The summed E-state index contributed by atoms with van der Waals surface area (Å²) >= 11 is 3.35. The van der Waals surface area contributed by atoms with Crippen molar-refractivity contribution >= 4 is 21.9 Å². The van der Waals surface area contributed by atoms with Crippen molar-refractivity contribution in [3.05, 3.63) is 16.9 Å². The summed E-state index contributed by atoms with van der Waals surface area (Å²) in [5.41, 5.74) is 0. The maximum atomic E-state index is 5.54. The van der Waals surface area contributed by atoms with E-state index in [1.54, 1.807) is 12.4 Å².